The van der Waals surface area contributed by atoms with Crippen molar-refractivity contribution in [3.8, 4) is 0 Å². The van der Waals surface area contributed by atoms with Gasteiger partial charge in [-0.2, -0.15) is 0 Å². The van der Waals surface area contributed by atoms with Gasteiger partial charge >= 0.3 is 17.9 Å². The second-order valence-electron chi connectivity index (χ2n) is 22.3. The van der Waals surface area contributed by atoms with Crippen molar-refractivity contribution in [2.75, 3.05) is 13.2 Å². The summed E-state index contributed by atoms with van der Waals surface area (Å²) in [5.74, 6) is 0.850. The van der Waals surface area contributed by atoms with Gasteiger partial charge in [0.2, 0.25) is 0 Å². The lowest BCUT2D eigenvalue weighted by molar-refractivity contribution is -0.167. The minimum Gasteiger partial charge on any atom is -0.462 e. The van der Waals surface area contributed by atoms with Gasteiger partial charge in [0.15, 0.2) is 6.10 Å². The van der Waals surface area contributed by atoms with Crippen LogP contribution in [0.1, 0.15) is 349 Å². The highest BCUT2D eigenvalue weighted by Gasteiger charge is 2.19. The van der Waals surface area contributed by atoms with Crippen LogP contribution in [0.25, 0.3) is 0 Å². The van der Waals surface area contributed by atoms with Gasteiger partial charge in [-0.15, -0.1) is 0 Å². The Morgan fingerprint density at radius 3 is 0.721 bits per heavy atom. The van der Waals surface area contributed by atoms with Gasteiger partial charge in [-0.3, -0.25) is 14.4 Å². The Hall–Kier alpha value is -1.59. The summed E-state index contributed by atoms with van der Waals surface area (Å²) in [6.45, 7) is 11.4. The quantitative estimate of drug-likeness (QED) is 0.0343. The van der Waals surface area contributed by atoms with Gasteiger partial charge in [0.1, 0.15) is 13.2 Å². The minimum atomic E-state index is -0.763. The fraction of sp³-hybridized carbons (Fsp3) is 0.952. The van der Waals surface area contributed by atoms with Crippen LogP contribution in [-0.2, 0) is 28.6 Å². The van der Waals surface area contributed by atoms with Gasteiger partial charge in [0, 0.05) is 19.3 Å². The fourth-order valence-corrected chi connectivity index (χ4v) is 9.58. The van der Waals surface area contributed by atoms with Crippen LogP contribution in [0, 0.1) is 11.8 Å². The van der Waals surface area contributed by atoms with Crippen molar-refractivity contribution < 1.29 is 28.6 Å². The largest absolute Gasteiger partial charge is 0.462 e. The number of esters is 3. The molecule has 0 saturated heterocycles. The summed E-state index contributed by atoms with van der Waals surface area (Å²) in [7, 11) is 0. The summed E-state index contributed by atoms with van der Waals surface area (Å²) >= 11 is 0. The van der Waals surface area contributed by atoms with Crippen molar-refractivity contribution in [1.82, 2.24) is 0 Å². The van der Waals surface area contributed by atoms with E-state index in [1.54, 1.807) is 0 Å². The number of rotatable bonds is 56. The zero-order chi connectivity index (χ0) is 49.6. The van der Waals surface area contributed by atoms with Crippen LogP contribution < -0.4 is 0 Å². The van der Waals surface area contributed by atoms with Crippen molar-refractivity contribution in [2.24, 2.45) is 11.8 Å². The molecule has 0 N–H and O–H groups in total. The van der Waals surface area contributed by atoms with E-state index in [1.165, 1.54) is 238 Å². The molecule has 6 heteroatoms. The maximum Gasteiger partial charge on any atom is 0.306 e. The summed E-state index contributed by atoms with van der Waals surface area (Å²) in [6.07, 6.45) is 59.6. The average Bonchev–Trinajstić information content (AvgIpc) is 3.31. The van der Waals surface area contributed by atoms with Crippen molar-refractivity contribution in [2.45, 2.75) is 355 Å². The molecule has 0 radical (unpaired) electrons. The maximum absolute atomic E-state index is 12.9. The number of unbranched alkanes of at least 4 members (excludes halogenated alkanes) is 41. The molecule has 0 amide bonds. The molecule has 0 spiro atoms. The van der Waals surface area contributed by atoms with Gasteiger partial charge in [0.25, 0.3) is 0 Å². The van der Waals surface area contributed by atoms with Gasteiger partial charge in [-0.05, 0) is 31.1 Å². The lowest BCUT2D eigenvalue weighted by Crippen LogP contribution is -2.30. The standard InChI is InChI=1S/C62H120O6/c1-6-7-8-9-10-11-12-13-18-22-27-32-37-42-47-52-60(63)66-55-59(56-67-61(64)53-48-43-38-33-29-24-26-31-36-41-46-51-58(4)5)68-62(65)54-49-44-39-34-28-23-20-17-15-14-16-19-21-25-30-35-40-45-50-57(2)3/h57-59H,6-56H2,1-5H3/t59-/m0/s1. The van der Waals surface area contributed by atoms with E-state index in [9.17, 15) is 14.4 Å². The third-order valence-electron chi connectivity index (χ3n) is 14.2. The molecule has 0 bridgehead atoms. The van der Waals surface area contributed by atoms with Gasteiger partial charge in [-0.1, -0.05) is 311 Å². The minimum absolute atomic E-state index is 0.0622. The molecule has 0 fully saturated rings. The van der Waals surface area contributed by atoms with Crippen LogP contribution in [0.2, 0.25) is 0 Å². The Morgan fingerprint density at radius 1 is 0.279 bits per heavy atom. The molecule has 404 valence electrons. The summed E-state index contributed by atoms with van der Waals surface area (Å²) in [5.41, 5.74) is 0. The average molecular weight is 962 g/mol. The number of hydrogen-bond acceptors (Lipinski definition) is 6. The normalized spacial score (nSPS) is 12.0. The van der Waals surface area contributed by atoms with E-state index in [1.807, 2.05) is 0 Å². The number of ether oxygens (including phenoxy) is 3. The van der Waals surface area contributed by atoms with E-state index in [2.05, 4.69) is 34.6 Å². The monoisotopic (exact) mass is 961 g/mol. The summed E-state index contributed by atoms with van der Waals surface area (Å²) in [6, 6.07) is 0. The SMILES string of the molecule is CCCCCCCCCCCCCCCCCC(=O)OC[C@@H](COC(=O)CCCCCCCCCCCCCC(C)C)OC(=O)CCCCCCCCCCCCCCCCCCCCC(C)C. The van der Waals surface area contributed by atoms with Crippen LogP contribution in [0.3, 0.4) is 0 Å². The van der Waals surface area contributed by atoms with E-state index >= 15 is 0 Å². The molecule has 0 saturated carbocycles. The first-order valence-corrected chi connectivity index (χ1v) is 30.7. The molecule has 0 unspecified atom stereocenters. The van der Waals surface area contributed by atoms with E-state index in [0.717, 1.165) is 69.6 Å². The van der Waals surface area contributed by atoms with Crippen LogP contribution in [-0.4, -0.2) is 37.2 Å². The van der Waals surface area contributed by atoms with Crippen LogP contribution in [0.15, 0.2) is 0 Å². The molecular formula is C62H120O6. The first kappa shape index (κ1) is 66.4. The molecule has 68 heavy (non-hydrogen) atoms. The number of carbonyl (C=O) groups is 3. The van der Waals surface area contributed by atoms with E-state index in [-0.39, 0.29) is 31.1 Å². The predicted octanol–water partition coefficient (Wildman–Crippen LogP) is 20.4. The first-order chi connectivity index (χ1) is 33.2. The predicted molar refractivity (Wildman–Crippen MR) is 293 cm³/mol. The number of hydrogen-bond donors (Lipinski definition) is 0. The Balaban J connectivity index is 4.27. The van der Waals surface area contributed by atoms with Crippen LogP contribution in [0.4, 0.5) is 0 Å². The molecule has 0 aliphatic heterocycles. The zero-order valence-corrected chi connectivity index (χ0v) is 46.7. The molecule has 1 atom stereocenters. The molecule has 0 aliphatic carbocycles. The second kappa shape index (κ2) is 54.7. The second-order valence-corrected chi connectivity index (χ2v) is 22.3. The molecule has 0 aliphatic rings. The molecule has 0 aromatic rings. The molecule has 0 aromatic heterocycles. The summed E-state index contributed by atoms with van der Waals surface area (Å²) < 4.78 is 16.9. The van der Waals surface area contributed by atoms with E-state index in [4.69, 9.17) is 14.2 Å². The highest BCUT2D eigenvalue weighted by molar-refractivity contribution is 5.71. The van der Waals surface area contributed by atoms with E-state index < -0.39 is 6.10 Å². The van der Waals surface area contributed by atoms with E-state index in [0.29, 0.717) is 19.3 Å². The van der Waals surface area contributed by atoms with Crippen molar-refractivity contribution >= 4 is 17.9 Å². The zero-order valence-electron chi connectivity index (χ0n) is 46.7. The molecule has 0 rings (SSSR count). The molecular weight excluding hydrogens is 841 g/mol. The molecule has 0 aromatic carbocycles. The summed E-state index contributed by atoms with van der Waals surface area (Å²) in [5, 5.41) is 0. The number of carbonyl (C=O) groups excluding carboxylic acids is 3. The third kappa shape index (κ3) is 55.3. The van der Waals surface area contributed by atoms with Crippen molar-refractivity contribution in [3.05, 3.63) is 0 Å². The van der Waals surface area contributed by atoms with Gasteiger partial charge in [-0.25, -0.2) is 0 Å². The Morgan fingerprint density at radius 2 is 0.485 bits per heavy atom. The third-order valence-corrected chi connectivity index (χ3v) is 14.2. The Bertz CT molecular complexity index is 1040. The van der Waals surface area contributed by atoms with Crippen molar-refractivity contribution in [3.63, 3.8) is 0 Å². The Kier molecular flexibility index (Phi) is 53.5. The van der Waals surface area contributed by atoms with Gasteiger partial charge < -0.3 is 14.2 Å². The first-order valence-electron chi connectivity index (χ1n) is 30.7. The highest BCUT2D eigenvalue weighted by atomic mass is 16.6. The highest BCUT2D eigenvalue weighted by Crippen LogP contribution is 2.19. The maximum atomic E-state index is 12.9. The lowest BCUT2D eigenvalue weighted by Gasteiger charge is -2.18. The summed E-state index contributed by atoms with van der Waals surface area (Å²) in [4.78, 5) is 38.2. The lowest BCUT2D eigenvalue weighted by atomic mass is 10.0. The Labute approximate surface area is 425 Å². The van der Waals surface area contributed by atoms with Crippen molar-refractivity contribution in [1.29, 1.82) is 0 Å². The van der Waals surface area contributed by atoms with Crippen LogP contribution in [0.5, 0.6) is 0 Å². The van der Waals surface area contributed by atoms with Crippen LogP contribution >= 0.6 is 0 Å². The molecule has 6 nitrogen and oxygen atoms in total. The molecule has 0 heterocycles. The fourth-order valence-electron chi connectivity index (χ4n) is 9.58. The van der Waals surface area contributed by atoms with Gasteiger partial charge in [0.05, 0.1) is 0 Å². The topological polar surface area (TPSA) is 78.9 Å². The smallest absolute Gasteiger partial charge is 0.306 e.